The van der Waals surface area contributed by atoms with Crippen molar-refractivity contribution in [1.82, 2.24) is 5.43 Å². The van der Waals surface area contributed by atoms with Crippen molar-refractivity contribution in [3.05, 3.63) is 29.3 Å². The molecule has 0 bridgehead atoms. The maximum atomic E-state index is 5.24. The Morgan fingerprint density at radius 1 is 1.27 bits per heavy atom. The molecular weight excluding hydrogens is 186 g/mol. The van der Waals surface area contributed by atoms with Crippen LogP contribution in [0.4, 0.5) is 5.69 Å². The van der Waals surface area contributed by atoms with Gasteiger partial charge in [-0.15, -0.1) is 0 Å². The van der Waals surface area contributed by atoms with E-state index in [1.807, 2.05) is 0 Å². The molecular formula is C12H21N3. The monoisotopic (exact) mass is 207 g/mol. The molecule has 0 radical (unpaired) electrons. The van der Waals surface area contributed by atoms with E-state index in [1.165, 1.54) is 11.1 Å². The minimum atomic E-state index is 0.181. The molecule has 0 aliphatic heterocycles. The van der Waals surface area contributed by atoms with Crippen molar-refractivity contribution in [2.75, 3.05) is 12.0 Å². The normalized spacial score (nSPS) is 11.5. The second kappa shape index (κ2) is 4.64. The maximum absolute atomic E-state index is 5.24. The van der Waals surface area contributed by atoms with Crippen molar-refractivity contribution in [3.8, 4) is 0 Å². The first-order valence-electron chi connectivity index (χ1n) is 5.23. The Kier molecular flexibility index (Phi) is 3.72. The lowest BCUT2D eigenvalue weighted by atomic mass is 9.86. The molecule has 3 nitrogen and oxygen atoms in total. The molecule has 0 unspecified atom stereocenters. The molecule has 0 atom stereocenters. The average Bonchev–Trinajstić information content (AvgIpc) is 2.15. The van der Waals surface area contributed by atoms with Crippen molar-refractivity contribution in [2.24, 2.45) is 5.84 Å². The molecule has 1 aromatic rings. The van der Waals surface area contributed by atoms with Gasteiger partial charge in [0, 0.05) is 5.69 Å². The predicted molar refractivity (Wildman–Crippen MR) is 65.7 cm³/mol. The zero-order chi connectivity index (χ0) is 11.5. The quantitative estimate of drug-likeness (QED) is 0.404. The SMILES string of the molecule is Cc1ccc(C(C)(C)C)cc1NCNN. The van der Waals surface area contributed by atoms with Crippen LogP contribution in [-0.2, 0) is 5.41 Å². The second-order valence-electron chi connectivity index (χ2n) is 4.84. The summed E-state index contributed by atoms with van der Waals surface area (Å²) in [6.45, 7) is 9.30. The number of anilines is 1. The van der Waals surface area contributed by atoms with E-state index in [-0.39, 0.29) is 5.41 Å². The van der Waals surface area contributed by atoms with E-state index < -0.39 is 0 Å². The Hall–Kier alpha value is -1.06. The molecule has 0 aromatic heterocycles. The van der Waals surface area contributed by atoms with Crippen LogP contribution >= 0.6 is 0 Å². The summed E-state index contributed by atoms with van der Waals surface area (Å²) < 4.78 is 0. The highest BCUT2D eigenvalue weighted by molar-refractivity contribution is 5.53. The largest absolute Gasteiger partial charge is 0.371 e. The Morgan fingerprint density at radius 2 is 1.93 bits per heavy atom. The van der Waals surface area contributed by atoms with Gasteiger partial charge in [-0.3, -0.25) is 5.84 Å². The van der Waals surface area contributed by atoms with Gasteiger partial charge >= 0.3 is 0 Å². The number of nitrogens with one attached hydrogen (secondary N) is 2. The van der Waals surface area contributed by atoms with Gasteiger partial charge in [0.15, 0.2) is 0 Å². The third kappa shape index (κ3) is 3.22. The summed E-state index contributed by atoms with van der Waals surface area (Å²) >= 11 is 0. The van der Waals surface area contributed by atoms with Crippen LogP contribution in [0.3, 0.4) is 0 Å². The lowest BCUT2D eigenvalue weighted by Crippen LogP contribution is -2.28. The molecule has 15 heavy (non-hydrogen) atoms. The Bertz CT molecular complexity index is 326. The molecule has 0 fully saturated rings. The van der Waals surface area contributed by atoms with E-state index in [9.17, 15) is 0 Å². The van der Waals surface area contributed by atoms with Gasteiger partial charge in [0.05, 0.1) is 6.67 Å². The highest BCUT2D eigenvalue weighted by atomic mass is 15.3. The molecule has 0 spiro atoms. The summed E-state index contributed by atoms with van der Waals surface area (Å²) in [6.07, 6.45) is 0. The van der Waals surface area contributed by atoms with Crippen LogP contribution in [0.1, 0.15) is 31.9 Å². The number of hydrogen-bond acceptors (Lipinski definition) is 3. The van der Waals surface area contributed by atoms with Gasteiger partial charge in [0.1, 0.15) is 0 Å². The molecule has 0 aliphatic rings. The molecule has 1 rings (SSSR count). The van der Waals surface area contributed by atoms with Crippen molar-refractivity contribution in [1.29, 1.82) is 0 Å². The summed E-state index contributed by atoms with van der Waals surface area (Å²) in [5.74, 6) is 5.24. The predicted octanol–water partition coefficient (Wildman–Crippen LogP) is 2.13. The van der Waals surface area contributed by atoms with E-state index >= 15 is 0 Å². The first-order valence-corrected chi connectivity index (χ1v) is 5.23. The van der Waals surface area contributed by atoms with Crippen LogP contribution in [0.5, 0.6) is 0 Å². The van der Waals surface area contributed by atoms with Crippen molar-refractivity contribution >= 4 is 5.69 Å². The standard InChI is InChI=1S/C12H21N3/c1-9-5-6-10(12(2,3)4)7-11(9)14-8-15-13/h5-7,14-15H,8,13H2,1-4H3. The molecule has 3 heteroatoms. The Balaban J connectivity index is 2.95. The molecule has 0 aliphatic carbocycles. The van der Waals surface area contributed by atoms with Gasteiger partial charge in [0.2, 0.25) is 0 Å². The summed E-state index contributed by atoms with van der Waals surface area (Å²) in [5, 5.41) is 3.24. The highest BCUT2D eigenvalue weighted by Crippen LogP contribution is 2.26. The second-order valence-corrected chi connectivity index (χ2v) is 4.84. The third-order valence-electron chi connectivity index (χ3n) is 2.48. The Morgan fingerprint density at radius 3 is 2.47 bits per heavy atom. The number of benzene rings is 1. The van der Waals surface area contributed by atoms with Crippen LogP contribution in [0.2, 0.25) is 0 Å². The first-order chi connectivity index (χ1) is 6.95. The molecule has 0 amide bonds. The van der Waals surface area contributed by atoms with Crippen LogP contribution < -0.4 is 16.6 Å². The molecule has 0 saturated carbocycles. The summed E-state index contributed by atoms with van der Waals surface area (Å²) in [7, 11) is 0. The number of aryl methyl sites for hydroxylation is 1. The molecule has 1 aromatic carbocycles. The van der Waals surface area contributed by atoms with Crippen molar-refractivity contribution in [2.45, 2.75) is 33.1 Å². The maximum Gasteiger partial charge on any atom is 0.0780 e. The van der Waals surface area contributed by atoms with Gasteiger partial charge in [-0.05, 0) is 29.5 Å². The average molecular weight is 207 g/mol. The topological polar surface area (TPSA) is 50.1 Å². The van der Waals surface area contributed by atoms with Crippen LogP contribution in [0.25, 0.3) is 0 Å². The zero-order valence-corrected chi connectivity index (χ0v) is 10.0. The minimum absolute atomic E-state index is 0.181. The van der Waals surface area contributed by atoms with E-state index in [0.29, 0.717) is 6.67 Å². The van der Waals surface area contributed by atoms with Crippen molar-refractivity contribution in [3.63, 3.8) is 0 Å². The van der Waals surface area contributed by atoms with Gasteiger partial charge < -0.3 is 5.32 Å². The molecule has 0 heterocycles. The van der Waals surface area contributed by atoms with E-state index in [2.05, 4.69) is 56.6 Å². The Labute approximate surface area is 92.0 Å². The molecule has 0 saturated heterocycles. The van der Waals surface area contributed by atoms with E-state index in [4.69, 9.17) is 5.84 Å². The fourth-order valence-corrected chi connectivity index (χ4v) is 1.43. The minimum Gasteiger partial charge on any atom is -0.371 e. The highest BCUT2D eigenvalue weighted by Gasteiger charge is 2.14. The van der Waals surface area contributed by atoms with E-state index in [0.717, 1.165) is 5.69 Å². The van der Waals surface area contributed by atoms with Crippen LogP contribution in [-0.4, -0.2) is 6.67 Å². The van der Waals surface area contributed by atoms with Crippen molar-refractivity contribution < 1.29 is 0 Å². The van der Waals surface area contributed by atoms with Crippen LogP contribution in [0, 0.1) is 6.92 Å². The molecule has 84 valence electrons. The number of hydrazine groups is 1. The molecule has 4 N–H and O–H groups in total. The van der Waals surface area contributed by atoms with Gasteiger partial charge in [-0.1, -0.05) is 32.9 Å². The number of rotatable bonds is 3. The lowest BCUT2D eigenvalue weighted by molar-refractivity contribution is 0.590. The van der Waals surface area contributed by atoms with Gasteiger partial charge in [0.25, 0.3) is 0 Å². The first kappa shape index (κ1) is 12.0. The summed E-state index contributed by atoms with van der Waals surface area (Å²) in [4.78, 5) is 0. The lowest BCUT2D eigenvalue weighted by Gasteiger charge is -2.21. The smallest absolute Gasteiger partial charge is 0.0780 e. The van der Waals surface area contributed by atoms with Gasteiger partial charge in [-0.25, -0.2) is 5.43 Å². The third-order valence-corrected chi connectivity index (χ3v) is 2.48. The van der Waals surface area contributed by atoms with E-state index in [1.54, 1.807) is 0 Å². The fraction of sp³-hybridized carbons (Fsp3) is 0.500. The summed E-state index contributed by atoms with van der Waals surface area (Å²) in [5.41, 5.74) is 6.47. The summed E-state index contributed by atoms with van der Waals surface area (Å²) in [6, 6.07) is 6.50. The van der Waals surface area contributed by atoms with Crippen LogP contribution in [0.15, 0.2) is 18.2 Å². The van der Waals surface area contributed by atoms with Gasteiger partial charge in [-0.2, -0.15) is 0 Å². The number of nitrogens with two attached hydrogens (primary N) is 1. The number of hydrogen-bond donors (Lipinski definition) is 3. The fourth-order valence-electron chi connectivity index (χ4n) is 1.43. The zero-order valence-electron chi connectivity index (χ0n) is 10.0.